The highest BCUT2D eigenvalue weighted by Gasteiger charge is 2.16. The summed E-state index contributed by atoms with van der Waals surface area (Å²) < 4.78 is 31.9. The molecule has 138 valence electrons. The van der Waals surface area contributed by atoms with Gasteiger partial charge < -0.3 is 9.30 Å². The van der Waals surface area contributed by atoms with Gasteiger partial charge in [0.25, 0.3) is 0 Å². The lowest BCUT2D eigenvalue weighted by atomic mass is 10.3. The van der Waals surface area contributed by atoms with E-state index in [1.54, 1.807) is 23.0 Å². The topological polar surface area (TPSA) is 90.3 Å². The summed E-state index contributed by atoms with van der Waals surface area (Å²) in [5, 5.41) is 0. The van der Waals surface area contributed by atoms with Gasteiger partial charge in [-0.2, -0.15) is 0 Å². The first-order chi connectivity index (χ1) is 11.8. The number of nitrogens with zero attached hydrogens (tertiary/aromatic N) is 2. The van der Waals surface area contributed by atoms with E-state index in [0.717, 1.165) is 17.0 Å². The van der Waals surface area contributed by atoms with E-state index in [1.807, 2.05) is 19.9 Å². The molecule has 1 unspecified atom stereocenters. The van der Waals surface area contributed by atoms with Crippen LogP contribution in [0.15, 0.2) is 24.5 Å². The average Bonchev–Trinajstić information content (AvgIpc) is 3.15. The fourth-order valence-electron chi connectivity index (χ4n) is 2.39. The molecular weight excluding hydrogens is 362 g/mol. The van der Waals surface area contributed by atoms with E-state index >= 15 is 0 Å². The molecule has 0 amide bonds. The minimum absolute atomic E-state index is 0.00438. The van der Waals surface area contributed by atoms with Gasteiger partial charge in [0.15, 0.2) is 5.78 Å². The normalized spacial score (nSPS) is 13.1. The van der Waals surface area contributed by atoms with E-state index < -0.39 is 10.0 Å². The molecule has 2 heterocycles. The Kier molecular flexibility index (Phi) is 6.88. The first kappa shape index (κ1) is 19.8. The highest BCUT2D eigenvalue weighted by Crippen LogP contribution is 2.20. The number of thiophene rings is 1. The largest absolute Gasteiger partial charge is 0.371 e. The van der Waals surface area contributed by atoms with Gasteiger partial charge in [0.1, 0.15) is 11.9 Å². The van der Waals surface area contributed by atoms with Crippen molar-refractivity contribution in [3.8, 4) is 0 Å². The van der Waals surface area contributed by atoms with Gasteiger partial charge in [-0.1, -0.05) is 0 Å². The van der Waals surface area contributed by atoms with Crippen molar-refractivity contribution in [3.05, 3.63) is 40.1 Å². The van der Waals surface area contributed by atoms with Crippen LogP contribution in [0.25, 0.3) is 0 Å². The van der Waals surface area contributed by atoms with Crippen LogP contribution >= 0.6 is 11.3 Å². The van der Waals surface area contributed by atoms with Gasteiger partial charge in [0, 0.05) is 30.4 Å². The SMILES string of the molecule is CCOC(C)c1nccn1CC(=O)c1ccc(CCNS(C)(=O)=O)s1. The van der Waals surface area contributed by atoms with Gasteiger partial charge in [-0.15, -0.1) is 11.3 Å². The minimum Gasteiger partial charge on any atom is -0.371 e. The lowest BCUT2D eigenvalue weighted by molar-refractivity contribution is 0.0669. The number of aromatic nitrogens is 2. The first-order valence-corrected chi connectivity index (χ1v) is 10.7. The summed E-state index contributed by atoms with van der Waals surface area (Å²) in [4.78, 5) is 18.4. The van der Waals surface area contributed by atoms with Gasteiger partial charge in [0.05, 0.1) is 17.7 Å². The third kappa shape index (κ3) is 6.03. The molecule has 0 aliphatic heterocycles. The molecule has 0 radical (unpaired) electrons. The molecule has 1 N–H and O–H groups in total. The third-order valence-corrected chi connectivity index (χ3v) is 5.43. The predicted molar refractivity (Wildman–Crippen MR) is 97.5 cm³/mol. The number of nitrogens with one attached hydrogen (secondary N) is 1. The molecule has 0 saturated carbocycles. The summed E-state index contributed by atoms with van der Waals surface area (Å²) in [6.07, 6.45) is 4.95. The van der Waals surface area contributed by atoms with Crippen LogP contribution in [0.4, 0.5) is 0 Å². The summed E-state index contributed by atoms with van der Waals surface area (Å²) in [7, 11) is -3.19. The Hall–Kier alpha value is -1.55. The van der Waals surface area contributed by atoms with Crippen molar-refractivity contribution in [3.63, 3.8) is 0 Å². The lowest BCUT2D eigenvalue weighted by Gasteiger charge is -2.13. The van der Waals surface area contributed by atoms with Crippen molar-refractivity contribution in [1.29, 1.82) is 0 Å². The molecule has 25 heavy (non-hydrogen) atoms. The summed E-state index contributed by atoms with van der Waals surface area (Å²) in [6.45, 7) is 4.93. The lowest BCUT2D eigenvalue weighted by Crippen LogP contribution is -2.24. The quantitative estimate of drug-likeness (QED) is 0.632. The second-order valence-corrected chi connectivity index (χ2v) is 8.62. The molecule has 9 heteroatoms. The fourth-order valence-corrected chi connectivity index (χ4v) is 3.80. The molecule has 0 spiro atoms. The average molecular weight is 386 g/mol. The zero-order chi connectivity index (χ0) is 18.4. The fraction of sp³-hybridized carbons (Fsp3) is 0.500. The molecule has 2 aromatic rings. The zero-order valence-corrected chi connectivity index (χ0v) is 16.2. The maximum Gasteiger partial charge on any atom is 0.208 e. The van der Waals surface area contributed by atoms with E-state index in [9.17, 15) is 13.2 Å². The molecule has 2 aromatic heterocycles. The number of imidazole rings is 1. The number of hydrogen-bond donors (Lipinski definition) is 1. The Labute approximate surface area is 152 Å². The third-order valence-electron chi connectivity index (χ3n) is 3.51. The monoisotopic (exact) mass is 385 g/mol. The van der Waals surface area contributed by atoms with Gasteiger partial charge in [-0.05, 0) is 32.4 Å². The maximum atomic E-state index is 12.5. The van der Waals surface area contributed by atoms with Crippen LogP contribution in [0.5, 0.6) is 0 Å². The van der Waals surface area contributed by atoms with Crippen molar-refractivity contribution in [2.45, 2.75) is 32.9 Å². The summed E-state index contributed by atoms with van der Waals surface area (Å²) in [6, 6.07) is 3.64. The Morgan fingerprint density at radius 1 is 1.44 bits per heavy atom. The summed E-state index contributed by atoms with van der Waals surface area (Å²) in [5.74, 6) is 0.722. The number of ether oxygens (including phenoxy) is 1. The van der Waals surface area contributed by atoms with Crippen molar-refractivity contribution in [2.24, 2.45) is 0 Å². The number of carbonyl (C=O) groups excluding carboxylic acids is 1. The van der Waals surface area contributed by atoms with Crippen LogP contribution in [-0.2, 0) is 27.7 Å². The number of rotatable bonds is 10. The second-order valence-electron chi connectivity index (χ2n) is 5.62. The molecule has 7 nitrogen and oxygen atoms in total. The predicted octanol–water partition coefficient (Wildman–Crippen LogP) is 2.02. The van der Waals surface area contributed by atoms with E-state index in [4.69, 9.17) is 4.74 Å². The minimum atomic E-state index is -3.19. The molecule has 2 rings (SSSR count). The number of hydrogen-bond acceptors (Lipinski definition) is 6. The highest BCUT2D eigenvalue weighted by molar-refractivity contribution is 7.88. The molecule has 1 atom stereocenters. The molecule has 0 saturated heterocycles. The van der Waals surface area contributed by atoms with Crippen LogP contribution < -0.4 is 4.72 Å². The highest BCUT2D eigenvalue weighted by atomic mass is 32.2. The van der Waals surface area contributed by atoms with E-state index in [2.05, 4.69) is 9.71 Å². The number of carbonyl (C=O) groups is 1. The van der Waals surface area contributed by atoms with Crippen LogP contribution in [0.3, 0.4) is 0 Å². The van der Waals surface area contributed by atoms with Gasteiger partial charge in [-0.25, -0.2) is 18.1 Å². The second kappa shape index (κ2) is 8.70. The van der Waals surface area contributed by atoms with Crippen LogP contribution in [0.1, 0.15) is 40.3 Å². The van der Waals surface area contributed by atoms with Crippen LogP contribution in [0, 0.1) is 0 Å². The van der Waals surface area contributed by atoms with Crippen LogP contribution in [-0.4, -0.2) is 43.2 Å². The number of ketones is 1. The van der Waals surface area contributed by atoms with Crippen molar-refractivity contribution in [2.75, 3.05) is 19.4 Å². The van der Waals surface area contributed by atoms with E-state index in [0.29, 0.717) is 24.4 Å². The van der Waals surface area contributed by atoms with Gasteiger partial charge in [0.2, 0.25) is 10.0 Å². The smallest absolute Gasteiger partial charge is 0.208 e. The Bertz CT molecular complexity index is 811. The molecule has 0 bridgehead atoms. The molecule has 0 aromatic carbocycles. The standard InChI is InChI=1S/C16H23N3O4S2/c1-4-23-12(2)16-17-9-10-19(16)11-14(20)15-6-5-13(24-15)7-8-18-25(3,21)22/h5-6,9-10,12,18H,4,7-8,11H2,1-3H3. The molecular formula is C16H23N3O4S2. The van der Waals surface area contributed by atoms with E-state index in [1.165, 1.54) is 11.3 Å². The Morgan fingerprint density at radius 2 is 2.20 bits per heavy atom. The zero-order valence-electron chi connectivity index (χ0n) is 14.6. The number of Topliss-reactive ketones (excluding diaryl/α,β-unsaturated/α-hetero) is 1. The number of sulfonamides is 1. The van der Waals surface area contributed by atoms with Crippen molar-refractivity contribution in [1.82, 2.24) is 14.3 Å². The molecule has 0 aliphatic carbocycles. The Balaban J connectivity index is 1.97. The van der Waals surface area contributed by atoms with E-state index in [-0.39, 0.29) is 18.4 Å². The van der Waals surface area contributed by atoms with Crippen molar-refractivity contribution < 1.29 is 17.9 Å². The van der Waals surface area contributed by atoms with Crippen molar-refractivity contribution >= 4 is 27.1 Å². The maximum absolute atomic E-state index is 12.5. The van der Waals surface area contributed by atoms with Crippen LogP contribution in [0.2, 0.25) is 0 Å². The van der Waals surface area contributed by atoms with Gasteiger partial charge in [-0.3, -0.25) is 4.79 Å². The van der Waals surface area contributed by atoms with Gasteiger partial charge >= 0.3 is 0 Å². The first-order valence-electron chi connectivity index (χ1n) is 7.99. The molecule has 0 fully saturated rings. The molecule has 0 aliphatic rings. The summed E-state index contributed by atoms with van der Waals surface area (Å²) >= 11 is 1.39. The summed E-state index contributed by atoms with van der Waals surface area (Å²) in [5.41, 5.74) is 0. The Morgan fingerprint density at radius 3 is 2.88 bits per heavy atom.